The molecular weight excluding hydrogens is 310 g/mol. The second-order valence-corrected chi connectivity index (χ2v) is 7.53. The Labute approximate surface area is 128 Å². The molecule has 0 saturated heterocycles. The van der Waals surface area contributed by atoms with Crippen LogP contribution in [0.15, 0.2) is 23.4 Å². The van der Waals surface area contributed by atoms with E-state index in [0.29, 0.717) is 11.5 Å². The van der Waals surface area contributed by atoms with E-state index in [1.807, 2.05) is 13.0 Å². The molecule has 114 valence electrons. The van der Waals surface area contributed by atoms with Crippen molar-refractivity contribution < 1.29 is 8.42 Å². The molecule has 9 heteroatoms. The van der Waals surface area contributed by atoms with Gasteiger partial charge >= 0.3 is 0 Å². The van der Waals surface area contributed by atoms with Gasteiger partial charge in [0, 0.05) is 33.0 Å². The van der Waals surface area contributed by atoms with Crippen molar-refractivity contribution in [1.29, 1.82) is 0 Å². The molecule has 0 bridgehead atoms. The molecule has 0 saturated carbocycles. The minimum atomic E-state index is -3.63. The normalized spacial score (nSPS) is 11.8. The smallest absolute Gasteiger partial charge is 0.249 e. The molecule has 0 unspecified atom stereocenters. The van der Waals surface area contributed by atoms with Gasteiger partial charge in [0.2, 0.25) is 10.0 Å². The molecule has 0 aliphatic carbocycles. The summed E-state index contributed by atoms with van der Waals surface area (Å²) in [6.07, 6.45) is 3.46. The molecule has 0 aliphatic heterocycles. The predicted octanol–water partition coefficient (Wildman–Crippen LogP) is 1.29. The van der Waals surface area contributed by atoms with Crippen molar-refractivity contribution in [3.8, 4) is 0 Å². The summed E-state index contributed by atoms with van der Waals surface area (Å²) in [6, 6.07) is 1.88. The number of aryl methyl sites for hydroxylation is 1. The van der Waals surface area contributed by atoms with Crippen LogP contribution in [-0.2, 0) is 16.6 Å². The van der Waals surface area contributed by atoms with Crippen LogP contribution in [0.25, 0.3) is 0 Å². The molecule has 2 rings (SSSR count). The molecule has 0 amide bonds. The maximum absolute atomic E-state index is 12.3. The lowest BCUT2D eigenvalue weighted by Crippen LogP contribution is -2.23. The van der Waals surface area contributed by atoms with E-state index in [-0.39, 0.29) is 10.7 Å². The van der Waals surface area contributed by atoms with Gasteiger partial charge in [-0.15, -0.1) is 0 Å². The predicted molar refractivity (Wildman–Crippen MR) is 83.7 cm³/mol. The highest BCUT2D eigenvalue weighted by atomic mass is 32.2. The SMILES string of the molecule is Cc1cnccc1CNc1snc(N)c1S(=O)(=O)N(C)C. The lowest BCUT2D eigenvalue weighted by atomic mass is 10.1. The Kier molecular flexibility index (Phi) is 4.45. The third-order valence-corrected chi connectivity index (χ3v) is 5.83. The average molecular weight is 327 g/mol. The van der Waals surface area contributed by atoms with E-state index >= 15 is 0 Å². The zero-order chi connectivity index (χ0) is 15.6. The molecule has 3 N–H and O–H groups in total. The van der Waals surface area contributed by atoms with E-state index in [2.05, 4.69) is 14.7 Å². The number of rotatable bonds is 5. The maximum atomic E-state index is 12.3. The first-order valence-electron chi connectivity index (χ1n) is 6.15. The highest BCUT2D eigenvalue weighted by Gasteiger charge is 2.27. The standard InChI is InChI=1S/C12H17N5O2S2/c1-8-6-14-5-4-9(8)7-15-12-10(11(13)16-20-12)21(18,19)17(2)3/h4-6,15H,7H2,1-3H3,(H2,13,16). The molecule has 0 radical (unpaired) electrons. The molecule has 2 aromatic heterocycles. The van der Waals surface area contributed by atoms with Crippen LogP contribution in [0.4, 0.5) is 10.8 Å². The van der Waals surface area contributed by atoms with Gasteiger partial charge in [-0.2, -0.15) is 4.37 Å². The molecule has 0 aromatic carbocycles. The van der Waals surface area contributed by atoms with Crippen LogP contribution in [0.3, 0.4) is 0 Å². The Hall–Kier alpha value is -1.71. The Balaban J connectivity index is 2.29. The third-order valence-electron chi connectivity index (χ3n) is 2.99. The van der Waals surface area contributed by atoms with Crippen molar-refractivity contribution in [1.82, 2.24) is 13.7 Å². The van der Waals surface area contributed by atoms with Crippen LogP contribution in [-0.4, -0.2) is 36.2 Å². The van der Waals surface area contributed by atoms with E-state index < -0.39 is 10.0 Å². The Morgan fingerprint density at radius 2 is 2.14 bits per heavy atom. The maximum Gasteiger partial charge on any atom is 0.249 e. The zero-order valence-electron chi connectivity index (χ0n) is 12.0. The molecule has 0 atom stereocenters. The van der Waals surface area contributed by atoms with Crippen molar-refractivity contribution in [2.45, 2.75) is 18.4 Å². The highest BCUT2D eigenvalue weighted by molar-refractivity contribution is 7.89. The minimum absolute atomic E-state index is 0.0163. The van der Waals surface area contributed by atoms with Gasteiger partial charge in [0.25, 0.3) is 0 Å². The van der Waals surface area contributed by atoms with Gasteiger partial charge in [-0.25, -0.2) is 12.7 Å². The Morgan fingerprint density at radius 3 is 2.76 bits per heavy atom. The van der Waals surface area contributed by atoms with E-state index in [0.717, 1.165) is 27.0 Å². The summed E-state index contributed by atoms with van der Waals surface area (Å²) in [5.74, 6) is 0.0163. The number of nitrogens with one attached hydrogen (secondary N) is 1. The lowest BCUT2D eigenvalue weighted by Gasteiger charge is -2.13. The fourth-order valence-corrected chi connectivity index (χ4v) is 3.79. The van der Waals surface area contributed by atoms with Crippen LogP contribution in [0.2, 0.25) is 0 Å². The number of nitrogen functional groups attached to an aromatic ring is 1. The number of sulfonamides is 1. The zero-order valence-corrected chi connectivity index (χ0v) is 13.6. The van der Waals surface area contributed by atoms with Crippen molar-refractivity contribution in [2.75, 3.05) is 25.1 Å². The van der Waals surface area contributed by atoms with E-state index in [4.69, 9.17) is 5.73 Å². The number of hydrogen-bond donors (Lipinski definition) is 2. The molecule has 21 heavy (non-hydrogen) atoms. The summed E-state index contributed by atoms with van der Waals surface area (Å²) in [6.45, 7) is 2.43. The number of hydrogen-bond acceptors (Lipinski definition) is 7. The van der Waals surface area contributed by atoms with Gasteiger partial charge in [0.1, 0.15) is 5.00 Å². The van der Waals surface area contributed by atoms with E-state index in [9.17, 15) is 8.42 Å². The number of aromatic nitrogens is 2. The number of anilines is 2. The fourth-order valence-electron chi connectivity index (χ4n) is 1.71. The van der Waals surface area contributed by atoms with Gasteiger partial charge in [-0.3, -0.25) is 4.98 Å². The quantitative estimate of drug-likeness (QED) is 0.858. The largest absolute Gasteiger partial charge is 0.382 e. The number of pyridine rings is 1. The summed E-state index contributed by atoms with van der Waals surface area (Å²) in [5.41, 5.74) is 7.77. The Morgan fingerprint density at radius 1 is 1.43 bits per heavy atom. The van der Waals surface area contributed by atoms with Crippen LogP contribution < -0.4 is 11.1 Å². The molecule has 0 spiro atoms. The average Bonchev–Trinajstić information content (AvgIpc) is 2.79. The first-order chi connectivity index (χ1) is 9.84. The molecule has 7 nitrogen and oxygen atoms in total. The van der Waals surface area contributed by atoms with Crippen molar-refractivity contribution in [2.24, 2.45) is 0 Å². The lowest BCUT2D eigenvalue weighted by molar-refractivity contribution is 0.521. The van der Waals surface area contributed by atoms with Crippen LogP contribution >= 0.6 is 11.5 Å². The van der Waals surface area contributed by atoms with Gasteiger partial charge < -0.3 is 11.1 Å². The van der Waals surface area contributed by atoms with Crippen LogP contribution in [0, 0.1) is 6.92 Å². The topological polar surface area (TPSA) is 101 Å². The summed E-state index contributed by atoms with van der Waals surface area (Å²) in [4.78, 5) is 4.06. The van der Waals surface area contributed by atoms with Gasteiger partial charge in [0.15, 0.2) is 10.7 Å². The molecule has 0 fully saturated rings. The van der Waals surface area contributed by atoms with Crippen molar-refractivity contribution in [3.05, 3.63) is 29.6 Å². The van der Waals surface area contributed by atoms with E-state index in [1.54, 1.807) is 12.4 Å². The Bertz CT molecular complexity index is 740. The second kappa shape index (κ2) is 5.96. The van der Waals surface area contributed by atoms with Gasteiger partial charge in [-0.05, 0) is 35.6 Å². The summed E-state index contributed by atoms with van der Waals surface area (Å²) in [5, 5.41) is 3.54. The summed E-state index contributed by atoms with van der Waals surface area (Å²) >= 11 is 1.04. The van der Waals surface area contributed by atoms with Gasteiger partial charge in [-0.1, -0.05) is 0 Å². The second-order valence-electron chi connectivity index (χ2n) is 4.67. The van der Waals surface area contributed by atoms with Crippen LogP contribution in [0.1, 0.15) is 11.1 Å². The van der Waals surface area contributed by atoms with Crippen molar-refractivity contribution in [3.63, 3.8) is 0 Å². The first-order valence-corrected chi connectivity index (χ1v) is 8.36. The van der Waals surface area contributed by atoms with Crippen LogP contribution in [0.5, 0.6) is 0 Å². The van der Waals surface area contributed by atoms with Crippen molar-refractivity contribution >= 4 is 32.4 Å². The monoisotopic (exact) mass is 327 g/mol. The summed E-state index contributed by atoms with van der Waals surface area (Å²) < 4.78 is 29.6. The minimum Gasteiger partial charge on any atom is -0.382 e. The first kappa shape index (κ1) is 15.7. The third kappa shape index (κ3) is 3.14. The van der Waals surface area contributed by atoms with Gasteiger partial charge in [0.05, 0.1) is 0 Å². The number of nitrogens with zero attached hydrogens (tertiary/aromatic N) is 3. The number of nitrogens with two attached hydrogens (primary N) is 1. The molecule has 0 aliphatic rings. The fraction of sp³-hybridized carbons (Fsp3) is 0.333. The highest BCUT2D eigenvalue weighted by Crippen LogP contribution is 2.33. The van der Waals surface area contributed by atoms with E-state index in [1.165, 1.54) is 14.1 Å². The molecule has 2 heterocycles. The molecule has 2 aromatic rings. The molecular formula is C12H17N5O2S2. The summed E-state index contributed by atoms with van der Waals surface area (Å²) in [7, 11) is -0.705.